The molecule has 0 amide bonds. The molecule has 1 rings (SSSR count). The summed E-state index contributed by atoms with van der Waals surface area (Å²) in [5.74, 6) is 0. The standard InChI is InChI=1S/C13H18/c1-3-8-12(9-4-2)13-10-6-5-7-11-13/h5-8,10-11H,3-4,9H2,1-2H3. The minimum absolute atomic E-state index is 1.13. The minimum atomic E-state index is 1.13. The molecule has 1 aromatic carbocycles. The molecule has 0 radical (unpaired) electrons. The average molecular weight is 174 g/mol. The Hall–Kier alpha value is -1.04. The van der Waals surface area contributed by atoms with Crippen molar-refractivity contribution in [1.29, 1.82) is 0 Å². The lowest BCUT2D eigenvalue weighted by Crippen LogP contribution is -1.83. The SMILES string of the molecule is CCC=C(CCC)c1ccccc1. The van der Waals surface area contributed by atoms with Gasteiger partial charge in [0.2, 0.25) is 0 Å². The first kappa shape index (κ1) is 10.0. The summed E-state index contributed by atoms with van der Waals surface area (Å²) in [4.78, 5) is 0. The molecule has 0 atom stereocenters. The lowest BCUT2D eigenvalue weighted by molar-refractivity contribution is 0.967. The van der Waals surface area contributed by atoms with E-state index in [0.717, 1.165) is 6.42 Å². The summed E-state index contributed by atoms with van der Waals surface area (Å²) in [5, 5.41) is 0. The molecule has 0 N–H and O–H groups in total. The van der Waals surface area contributed by atoms with E-state index in [1.807, 2.05) is 0 Å². The normalized spacial score (nSPS) is 11.7. The summed E-state index contributed by atoms with van der Waals surface area (Å²) in [6.07, 6.45) is 5.88. The van der Waals surface area contributed by atoms with Crippen LogP contribution in [0.5, 0.6) is 0 Å². The highest BCUT2D eigenvalue weighted by molar-refractivity contribution is 5.65. The highest BCUT2D eigenvalue weighted by Crippen LogP contribution is 2.19. The van der Waals surface area contributed by atoms with Gasteiger partial charge in [0, 0.05) is 0 Å². The van der Waals surface area contributed by atoms with Crippen molar-refractivity contribution in [2.45, 2.75) is 33.1 Å². The van der Waals surface area contributed by atoms with Gasteiger partial charge in [0.1, 0.15) is 0 Å². The molecule has 70 valence electrons. The molecule has 13 heavy (non-hydrogen) atoms. The Labute approximate surface area is 81.3 Å². The molecule has 0 unspecified atom stereocenters. The van der Waals surface area contributed by atoms with Crippen LogP contribution < -0.4 is 0 Å². The van der Waals surface area contributed by atoms with Crippen LogP contribution in [0, 0.1) is 0 Å². The number of rotatable bonds is 4. The molecule has 0 saturated carbocycles. The molecule has 0 heteroatoms. The zero-order valence-electron chi connectivity index (χ0n) is 8.59. The zero-order valence-corrected chi connectivity index (χ0v) is 8.59. The van der Waals surface area contributed by atoms with Gasteiger partial charge in [0.05, 0.1) is 0 Å². The third-order valence-electron chi connectivity index (χ3n) is 2.11. The van der Waals surface area contributed by atoms with Gasteiger partial charge >= 0.3 is 0 Å². The molecule has 0 aliphatic carbocycles. The molecule has 0 fully saturated rings. The average Bonchev–Trinajstić information content (AvgIpc) is 2.19. The smallest absolute Gasteiger partial charge is 0.0228 e. The molecule has 0 heterocycles. The van der Waals surface area contributed by atoms with Crippen molar-refractivity contribution in [3.8, 4) is 0 Å². The number of allylic oxidation sites excluding steroid dienone is 2. The van der Waals surface area contributed by atoms with E-state index in [9.17, 15) is 0 Å². The second-order valence-electron chi connectivity index (χ2n) is 3.25. The Balaban J connectivity index is 2.83. The van der Waals surface area contributed by atoms with Crippen LogP contribution in [0.1, 0.15) is 38.7 Å². The second kappa shape index (κ2) is 5.58. The monoisotopic (exact) mass is 174 g/mol. The maximum Gasteiger partial charge on any atom is -0.0228 e. The Bertz CT molecular complexity index is 257. The fourth-order valence-electron chi connectivity index (χ4n) is 1.53. The zero-order chi connectivity index (χ0) is 9.52. The van der Waals surface area contributed by atoms with E-state index in [-0.39, 0.29) is 0 Å². The Morgan fingerprint density at radius 1 is 1.15 bits per heavy atom. The van der Waals surface area contributed by atoms with Gasteiger partial charge in [-0.05, 0) is 24.0 Å². The van der Waals surface area contributed by atoms with E-state index in [1.165, 1.54) is 24.0 Å². The highest BCUT2D eigenvalue weighted by Gasteiger charge is 1.97. The molecular weight excluding hydrogens is 156 g/mol. The van der Waals surface area contributed by atoms with Crippen LogP contribution >= 0.6 is 0 Å². The second-order valence-corrected chi connectivity index (χ2v) is 3.25. The van der Waals surface area contributed by atoms with Crippen molar-refractivity contribution >= 4 is 5.57 Å². The predicted octanol–water partition coefficient (Wildman–Crippen LogP) is 4.28. The molecule has 0 aliphatic heterocycles. The fourth-order valence-corrected chi connectivity index (χ4v) is 1.53. The first-order chi connectivity index (χ1) is 6.38. The van der Waals surface area contributed by atoms with Crippen LogP contribution in [-0.2, 0) is 0 Å². The molecule has 0 bridgehead atoms. The summed E-state index contributed by atoms with van der Waals surface area (Å²) in [5.41, 5.74) is 2.87. The summed E-state index contributed by atoms with van der Waals surface area (Å²) in [6.45, 7) is 4.42. The molecule has 0 nitrogen and oxygen atoms in total. The van der Waals surface area contributed by atoms with Gasteiger partial charge in [-0.15, -0.1) is 0 Å². The maximum atomic E-state index is 2.33. The van der Waals surface area contributed by atoms with Crippen molar-refractivity contribution in [3.05, 3.63) is 42.0 Å². The first-order valence-corrected chi connectivity index (χ1v) is 5.13. The third-order valence-corrected chi connectivity index (χ3v) is 2.11. The van der Waals surface area contributed by atoms with Crippen LogP contribution in [0.25, 0.3) is 5.57 Å². The van der Waals surface area contributed by atoms with Crippen molar-refractivity contribution in [2.75, 3.05) is 0 Å². The van der Waals surface area contributed by atoms with E-state index in [4.69, 9.17) is 0 Å². The predicted molar refractivity (Wildman–Crippen MR) is 59.6 cm³/mol. The summed E-state index contributed by atoms with van der Waals surface area (Å²) in [7, 11) is 0. The van der Waals surface area contributed by atoms with Crippen LogP contribution in [0.3, 0.4) is 0 Å². The molecule has 0 saturated heterocycles. The summed E-state index contributed by atoms with van der Waals surface area (Å²) < 4.78 is 0. The van der Waals surface area contributed by atoms with Crippen molar-refractivity contribution in [3.63, 3.8) is 0 Å². The van der Waals surface area contributed by atoms with Gasteiger partial charge in [-0.25, -0.2) is 0 Å². The third kappa shape index (κ3) is 3.06. The lowest BCUT2D eigenvalue weighted by Gasteiger charge is -2.05. The van der Waals surface area contributed by atoms with Crippen LogP contribution in [0.4, 0.5) is 0 Å². The molecular formula is C13H18. The van der Waals surface area contributed by atoms with Crippen molar-refractivity contribution in [2.24, 2.45) is 0 Å². The van der Waals surface area contributed by atoms with Gasteiger partial charge < -0.3 is 0 Å². The maximum absolute atomic E-state index is 2.33. The Morgan fingerprint density at radius 3 is 2.38 bits per heavy atom. The quantitative estimate of drug-likeness (QED) is 0.639. The van der Waals surface area contributed by atoms with Crippen molar-refractivity contribution < 1.29 is 0 Å². The molecule has 0 spiro atoms. The Kier molecular flexibility index (Phi) is 4.31. The Morgan fingerprint density at radius 2 is 1.85 bits per heavy atom. The summed E-state index contributed by atoms with van der Waals surface area (Å²) in [6, 6.07) is 10.7. The van der Waals surface area contributed by atoms with Crippen molar-refractivity contribution in [1.82, 2.24) is 0 Å². The van der Waals surface area contributed by atoms with E-state index >= 15 is 0 Å². The number of hydrogen-bond donors (Lipinski definition) is 0. The molecule has 1 aromatic rings. The van der Waals surface area contributed by atoms with E-state index in [1.54, 1.807) is 0 Å². The lowest BCUT2D eigenvalue weighted by atomic mass is 10.0. The van der Waals surface area contributed by atoms with Crippen LogP contribution in [-0.4, -0.2) is 0 Å². The van der Waals surface area contributed by atoms with E-state index < -0.39 is 0 Å². The van der Waals surface area contributed by atoms with Gasteiger partial charge in [-0.3, -0.25) is 0 Å². The van der Waals surface area contributed by atoms with E-state index in [2.05, 4.69) is 50.3 Å². The van der Waals surface area contributed by atoms with Crippen LogP contribution in [0.2, 0.25) is 0 Å². The number of hydrogen-bond acceptors (Lipinski definition) is 0. The molecule has 0 aliphatic rings. The van der Waals surface area contributed by atoms with E-state index in [0.29, 0.717) is 0 Å². The summed E-state index contributed by atoms with van der Waals surface area (Å²) >= 11 is 0. The minimum Gasteiger partial charge on any atom is -0.0810 e. The topological polar surface area (TPSA) is 0 Å². The highest BCUT2D eigenvalue weighted by atomic mass is 14.0. The van der Waals surface area contributed by atoms with Gasteiger partial charge in [0.25, 0.3) is 0 Å². The fraction of sp³-hybridized carbons (Fsp3) is 0.385. The van der Waals surface area contributed by atoms with Gasteiger partial charge in [0.15, 0.2) is 0 Å². The van der Waals surface area contributed by atoms with Gasteiger partial charge in [-0.1, -0.05) is 56.7 Å². The molecule has 0 aromatic heterocycles. The first-order valence-electron chi connectivity index (χ1n) is 5.13. The van der Waals surface area contributed by atoms with Gasteiger partial charge in [-0.2, -0.15) is 0 Å². The number of benzene rings is 1. The van der Waals surface area contributed by atoms with Crippen LogP contribution in [0.15, 0.2) is 36.4 Å². The largest absolute Gasteiger partial charge is 0.0810 e.